The summed E-state index contributed by atoms with van der Waals surface area (Å²) in [6.07, 6.45) is 2.35. The van der Waals surface area contributed by atoms with Gasteiger partial charge in [0.1, 0.15) is 34.0 Å². The third-order valence-corrected chi connectivity index (χ3v) is 6.29. The smallest absolute Gasteiger partial charge is 0.226 e. The SMILES string of the molecule is CC(=O)c1c(O)c(C)c(O)c2c1OC1=CC(=O)C(=C(C)NCCCc3nc(C)no3)C(=O)[C@@]12C. The molecule has 1 atom stereocenters. The largest absolute Gasteiger partial charge is 0.507 e. The van der Waals surface area contributed by atoms with Gasteiger partial charge >= 0.3 is 0 Å². The molecule has 4 rings (SSSR count). The Labute approximate surface area is 195 Å². The zero-order chi connectivity index (χ0) is 24.9. The van der Waals surface area contributed by atoms with Crippen molar-refractivity contribution >= 4 is 17.3 Å². The molecule has 178 valence electrons. The van der Waals surface area contributed by atoms with Crippen LogP contribution in [-0.2, 0) is 21.4 Å². The number of hydrogen-bond acceptors (Lipinski definition) is 10. The van der Waals surface area contributed by atoms with E-state index in [0.29, 0.717) is 36.8 Å². The Hall–Kier alpha value is -3.95. The van der Waals surface area contributed by atoms with E-state index in [2.05, 4.69) is 15.5 Å². The monoisotopic (exact) mass is 467 g/mol. The molecule has 0 saturated carbocycles. The first-order valence-electron chi connectivity index (χ1n) is 10.8. The number of aryl methyl sites for hydroxylation is 2. The summed E-state index contributed by atoms with van der Waals surface area (Å²) in [6.45, 7) is 8.03. The summed E-state index contributed by atoms with van der Waals surface area (Å²) in [5.41, 5.74) is -1.24. The van der Waals surface area contributed by atoms with Gasteiger partial charge in [0.2, 0.25) is 5.89 Å². The van der Waals surface area contributed by atoms with E-state index in [4.69, 9.17) is 9.26 Å². The van der Waals surface area contributed by atoms with Crippen molar-refractivity contribution in [3.05, 3.63) is 51.5 Å². The molecule has 10 nitrogen and oxygen atoms in total. The van der Waals surface area contributed by atoms with E-state index >= 15 is 0 Å². The average Bonchev–Trinajstić information content (AvgIpc) is 3.30. The van der Waals surface area contributed by atoms with Crippen LogP contribution in [0.3, 0.4) is 0 Å². The predicted octanol–water partition coefficient (Wildman–Crippen LogP) is 2.48. The number of nitrogens with zero attached hydrogens (tertiary/aromatic N) is 2. The minimum absolute atomic E-state index is 0.00335. The number of rotatable bonds is 6. The van der Waals surface area contributed by atoms with E-state index in [1.807, 2.05) is 0 Å². The summed E-state index contributed by atoms with van der Waals surface area (Å²) in [5.74, 6) is -1.44. The zero-order valence-electron chi connectivity index (χ0n) is 19.5. The fourth-order valence-corrected chi connectivity index (χ4v) is 4.41. The molecule has 3 N–H and O–H groups in total. The molecule has 0 amide bonds. The van der Waals surface area contributed by atoms with Crippen LogP contribution in [0.15, 0.2) is 27.6 Å². The molecular formula is C24H25N3O7. The van der Waals surface area contributed by atoms with Crippen LogP contribution in [0.4, 0.5) is 0 Å². The van der Waals surface area contributed by atoms with Gasteiger partial charge in [-0.3, -0.25) is 14.4 Å². The quantitative estimate of drug-likeness (QED) is 0.250. The number of aromatic hydroxyl groups is 2. The van der Waals surface area contributed by atoms with Crippen LogP contribution in [0.5, 0.6) is 17.2 Å². The van der Waals surface area contributed by atoms with Crippen molar-refractivity contribution in [3.8, 4) is 17.2 Å². The summed E-state index contributed by atoms with van der Waals surface area (Å²) in [5, 5.41) is 28.1. The van der Waals surface area contributed by atoms with Gasteiger partial charge in [-0.1, -0.05) is 5.16 Å². The van der Waals surface area contributed by atoms with Crippen LogP contribution in [-0.4, -0.2) is 44.2 Å². The number of allylic oxidation sites excluding steroid dienone is 4. The lowest BCUT2D eigenvalue weighted by Crippen LogP contribution is -2.41. The second-order valence-corrected chi connectivity index (χ2v) is 8.65. The standard InChI is InChI=1S/C24H25N3O7/c1-10-20(30)18(12(3)28)22-19(21(10)31)24(5)15(33-22)9-14(29)17(23(24)32)11(2)25-8-6-7-16-26-13(4)27-34-16/h9,25,30-31H,6-8H2,1-5H3/t24-/m0/s1. The minimum Gasteiger partial charge on any atom is -0.507 e. The van der Waals surface area contributed by atoms with Crippen LogP contribution in [0.1, 0.15) is 60.4 Å². The van der Waals surface area contributed by atoms with Crippen LogP contribution in [0.25, 0.3) is 0 Å². The van der Waals surface area contributed by atoms with E-state index < -0.39 is 28.5 Å². The van der Waals surface area contributed by atoms with Crippen LogP contribution in [0.2, 0.25) is 0 Å². The maximum absolute atomic E-state index is 13.7. The fraction of sp³-hybridized carbons (Fsp3) is 0.375. The number of benzene rings is 1. The highest BCUT2D eigenvalue weighted by Crippen LogP contribution is 2.57. The maximum Gasteiger partial charge on any atom is 0.226 e. The summed E-state index contributed by atoms with van der Waals surface area (Å²) < 4.78 is 10.8. The van der Waals surface area contributed by atoms with Gasteiger partial charge in [-0.15, -0.1) is 0 Å². The number of ketones is 3. The highest BCUT2D eigenvalue weighted by atomic mass is 16.5. The van der Waals surface area contributed by atoms with Gasteiger partial charge in [-0.25, -0.2) is 0 Å². The van der Waals surface area contributed by atoms with Crippen molar-refractivity contribution in [1.29, 1.82) is 0 Å². The number of phenols is 2. The van der Waals surface area contributed by atoms with Crippen molar-refractivity contribution in [2.45, 2.75) is 52.9 Å². The van der Waals surface area contributed by atoms with Crippen molar-refractivity contribution in [1.82, 2.24) is 15.5 Å². The Morgan fingerprint density at radius 2 is 1.88 bits per heavy atom. The van der Waals surface area contributed by atoms with E-state index in [0.717, 1.165) is 0 Å². The third kappa shape index (κ3) is 3.37. The average molecular weight is 467 g/mol. The fourth-order valence-electron chi connectivity index (χ4n) is 4.41. The van der Waals surface area contributed by atoms with Gasteiger partial charge in [0, 0.05) is 30.3 Å². The molecule has 0 bridgehead atoms. The number of fused-ring (bicyclic) bond motifs is 3. The molecular weight excluding hydrogens is 442 g/mol. The minimum atomic E-state index is -1.53. The van der Waals surface area contributed by atoms with Crippen LogP contribution >= 0.6 is 0 Å². The van der Waals surface area contributed by atoms with Crippen molar-refractivity contribution in [2.75, 3.05) is 6.54 Å². The van der Waals surface area contributed by atoms with Gasteiger partial charge in [0.05, 0.1) is 11.1 Å². The number of phenolic OH excluding ortho intramolecular Hbond substituents is 2. The summed E-state index contributed by atoms with van der Waals surface area (Å²) in [4.78, 5) is 43.0. The highest BCUT2D eigenvalue weighted by molar-refractivity contribution is 6.31. The first-order valence-corrected chi connectivity index (χ1v) is 10.8. The number of aromatic nitrogens is 2. The molecule has 2 heterocycles. The lowest BCUT2D eigenvalue weighted by atomic mass is 9.70. The Bertz CT molecular complexity index is 1320. The maximum atomic E-state index is 13.7. The Morgan fingerprint density at radius 1 is 1.18 bits per heavy atom. The van der Waals surface area contributed by atoms with Gasteiger partial charge in [0.15, 0.2) is 23.2 Å². The van der Waals surface area contributed by atoms with E-state index in [1.165, 1.54) is 26.8 Å². The first-order chi connectivity index (χ1) is 16.0. The molecule has 0 spiro atoms. The molecule has 1 aliphatic heterocycles. The normalized spacial score (nSPS) is 20.4. The Balaban J connectivity index is 1.68. The van der Waals surface area contributed by atoms with Crippen molar-refractivity contribution in [2.24, 2.45) is 0 Å². The molecule has 10 heteroatoms. The number of hydrogen-bond donors (Lipinski definition) is 3. The Kier molecular flexibility index (Phi) is 5.55. The lowest BCUT2D eigenvalue weighted by Gasteiger charge is -2.29. The number of carbonyl (C=O) groups is 3. The zero-order valence-corrected chi connectivity index (χ0v) is 19.5. The van der Waals surface area contributed by atoms with Gasteiger partial charge < -0.3 is 24.8 Å². The first kappa shape index (κ1) is 23.2. The van der Waals surface area contributed by atoms with Crippen molar-refractivity contribution < 1.29 is 33.9 Å². The summed E-state index contributed by atoms with van der Waals surface area (Å²) in [6, 6.07) is 0. The highest BCUT2D eigenvalue weighted by Gasteiger charge is 2.56. The second kappa shape index (κ2) is 8.12. The number of carbonyl (C=O) groups excluding carboxylic acids is 3. The predicted molar refractivity (Wildman–Crippen MR) is 119 cm³/mol. The van der Waals surface area contributed by atoms with E-state index in [-0.39, 0.29) is 39.5 Å². The second-order valence-electron chi connectivity index (χ2n) is 8.65. The Morgan fingerprint density at radius 3 is 2.50 bits per heavy atom. The summed E-state index contributed by atoms with van der Waals surface area (Å²) >= 11 is 0. The van der Waals surface area contributed by atoms with Crippen molar-refractivity contribution in [3.63, 3.8) is 0 Å². The lowest BCUT2D eigenvalue weighted by molar-refractivity contribution is -0.123. The molecule has 1 aromatic carbocycles. The molecule has 0 saturated heterocycles. The van der Waals surface area contributed by atoms with Crippen LogP contribution < -0.4 is 10.1 Å². The summed E-state index contributed by atoms with van der Waals surface area (Å²) in [7, 11) is 0. The topological polar surface area (TPSA) is 152 Å². The molecule has 0 unspecified atom stereocenters. The third-order valence-electron chi connectivity index (χ3n) is 6.29. The van der Waals surface area contributed by atoms with Crippen LogP contribution in [0, 0.1) is 13.8 Å². The van der Waals surface area contributed by atoms with Gasteiger partial charge in [0.25, 0.3) is 0 Å². The molecule has 34 heavy (non-hydrogen) atoms. The molecule has 0 radical (unpaired) electrons. The van der Waals surface area contributed by atoms with E-state index in [9.17, 15) is 24.6 Å². The number of ether oxygens (including phenoxy) is 1. The van der Waals surface area contributed by atoms with E-state index in [1.54, 1.807) is 13.8 Å². The number of Topliss-reactive ketones (excluding diaryl/α,β-unsaturated/α-hetero) is 2. The molecule has 2 aliphatic rings. The number of nitrogens with one attached hydrogen (secondary N) is 1. The molecule has 1 aromatic heterocycles. The molecule has 0 fully saturated rings. The van der Waals surface area contributed by atoms with Gasteiger partial charge in [-0.2, -0.15) is 4.98 Å². The molecule has 2 aromatic rings. The molecule has 1 aliphatic carbocycles. The van der Waals surface area contributed by atoms with Gasteiger partial charge in [-0.05, 0) is 41.0 Å².